The number of aliphatic carboxylic acids is 1. The summed E-state index contributed by atoms with van der Waals surface area (Å²) in [5.74, 6) is -0.404. The van der Waals surface area contributed by atoms with Gasteiger partial charge in [-0.05, 0) is 23.6 Å². The second-order valence-corrected chi connectivity index (χ2v) is 4.72. The molecule has 0 aromatic heterocycles. The molecule has 1 aromatic carbocycles. The van der Waals surface area contributed by atoms with Gasteiger partial charge in [0.05, 0.1) is 5.92 Å². The Morgan fingerprint density at radius 1 is 1.50 bits per heavy atom. The lowest BCUT2D eigenvalue weighted by molar-refractivity contribution is -0.138. The van der Waals surface area contributed by atoms with Gasteiger partial charge in [-0.15, -0.1) is 0 Å². The monoisotopic (exact) mass is 254 g/mol. The van der Waals surface area contributed by atoms with E-state index in [1.807, 2.05) is 31.2 Å². The molecule has 0 aliphatic heterocycles. The number of carboxylic acid groups (broad SMARTS) is 1. The van der Waals surface area contributed by atoms with Crippen LogP contribution in [0.3, 0.4) is 0 Å². The number of halogens is 1. The van der Waals surface area contributed by atoms with Crippen molar-refractivity contribution in [1.29, 1.82) is 0 Å². The first-order chi connectivity index (χ1) is 6.61. The lowest BCUT2D eigenvalue weighted by Crippen LogP contribution is -1.99. The first-order valence-electron chi connectivity index (χ1n) is 4.59. The van der Waals surface area contributed by atoms with Crippen LogP contribution in [0.1, 0.15) is 18.4 Å². The highest BCUT2D eigenvalue weighted by Crippen LogP contribution is 2.53. The largest absolute Gasteiger partial charge is 0.481 e. The van der Waals surface area contributed by atoms with E-state index in [0.29, 0.717) is 0 Å². The molecule has 0 saturated heterocycles. The standard InChI is InChI=1S/C11H11BrO2/c1-6-9(10(6)11(13)14)7-3-2-4-8(12)5-7/h2-6,9-10H,1H3,(H,13,14). The summed E-state index contributed by atoms with van der Waals surface area (Å²) in [7, 11) is 0. The molecule has 2 nitrogen and oxygen atoms in total. The zero-order valence-electron chi connectivity index (χ0n) is 7.77. The van der Waals surface area contributed by atoms with Crippen LogP contribution in [0.25, 0.3) is 0 Å². The first-order valence-corrected chi connectivity index (χ1v) is 5.39. The molecule has 1 fully saturated rings. The maximum Gasteiger partial charge on any atom is 0.307 e. The van der Waals surface area contributed by atoms with Crippen LogP contribution >= 0.6 is 15.9 Å². The lowest BCUT2D eigenvalue weighted by atomic mass is 10.1. The highest BCUT2D eigenvalue weighted by molar-refractivity contribution is 9.10. The predicted molar refractivity (Wildman–Crippen MR) is 57.2 cm³/mol. The quantitative estimate of drug-likeness (QED) is 0.882. The van der Waals surface area contributed by atoms with Crippen LogP contribution < -0.4 is 0 Å². The topological polar surface area (TPSA) is 37.3 Å². The van der Waals surface area contributed by atoms with Gasteiger partial charge in [-0.3, -0.25) is 4.79 Å². The second-order valence-electron chi connectivity index (χ2n) is 3.80. The number of carbonyl (C=O) groups is 1. The Balaban J connectivity index is 2.22. The van der Waals surface area contributed by atoms with Crippen LogP contribution in [0.5, 0.6) is 0 Å². The number of hydrogen-bond acceptors (Lipinski definition) is 1. The van der Waals surface area contributed by atoms with E-state index in [4.69, 9.17) is 5.11 Å². The highest BCUT2D eigenvalue weighted by atomic mass is 79.9. The third-order valence-corrected chi connectivity index (χ3v) is 3.39. The molecular formula is C11H11BrO2. The fourth-order valence-corrected chi connectivity index (χ4v) is 2.48. The lowest BCUT2D eigenvalue weighted by Gasteiger charge is -1.98. The van der Waals surface area contributed by atoms with Crippen LogP contribution in [-0.2, 0) is 4.79 Å². The molecule has 0 amide bonds. The second kappa shape index (κ2) is 3.39. The molecule has 0 radical (unpaired) electrons. The molecular weight excluding hydrogens is 244 g/mol. The fraction of sp³-hybridized carbons (Fsp3) is 0.364. The van der Waals surface area contributed by atoms with Crippen LogP contribution in [-0.4, -0.2) is 11.1 Å². The van der Waals surface area contributed by atoms with E-state index < -0.39 is 5.97 Å². The molecule has 1 aliphatic rings. The molecule has 0 heterocycles. The predicted octanol–water partition coefficient (Wildman–Crippen LogP) is 2.88. The SMILES string of the molecule is CC1C(C(=O)O)C1c1cccc(Br)c1. The van der Waals surface area contributed by atoms with Crippen LogP contribution in [0.4, 0.5) is 0 Å². The summed E-state index contributed by atoms with van der Waals surface area (Å²) in [5, 5.41) is 8.91. The molecule has 3 unspecified atom stereocenters. The van der Waals surface area contributed by atoms with E-state index in [1.54, 1.807) is 0 Å². The highest BCUT2D eigenvalue weighted by Gasteiger charge is 2.52. The fourth-order valence-electron chi connectivity index (χ4n) is 2.07. The summed E-state index contributed by atoms with van der Waals surface area (Å²) in [6.45, 7) is 1.99. The Labute approximate surface area is 91.1 Å². The van der Waals surface area contributed by atoms with E-state index in [9.17, 15) is 4.79 Å². The van der Waals surface area contributed by atoms with Crippen molar-refractivity contribution < 1.29 is 9.90 Å². The van der Waals surface area contributed by atoms with Crippen LogP contribution in [0.2, 0.25) is 0 Å². The summed E-state index contributed by atoms with van der Waals surface area (Å²) in [5.41, 5.74) is 1.12. The van der Waals surface area contributed by atoms with E-state index in [1.165, 1.54) is 0 Å². The molecule has 14 heavy (non-hydrogen) atoms. The van der Waals surface area contributed by atoms with Crippen molar-refractivity contribution in [3.05, 3.63) is 34.3 Å². The van der Waals surface area contributed by atoms with Gasteiger partial charge >= 0.3 is 5.97 Å². The average molecular weight is 255 g/mol. The zero-order chi connectivity index (χ0) is 10.3. The van der Waals surface area contributed by atoms with E-state index in [2.05, 4.69) is 15.9 Å². The summed E-state index contributed by atoms with van der Waals surface area (Å²) in [4.78, 5) is 10.8. The van der Waals surface area contributed by atoms with Gasteiger partial charge in [0.25, 0.3) is 0 Å². The van der Waals surface area contributed by atoms with Crippen molar-refractivity contribution in [3.63, 3.8) is 0 Å². The zero-order valence-corrected chi connectivity index (χ0v) is 9.36. The van der Waals surface area contributed by atoms with Crippen molar-refractivity contribution >= 4 is 21.9 Å². The molecule has 0 bridgehead atoms. The average Bonchev–Trinajstić information content (AvgIpc) is 2.77. The summed E-state index contributed by atoms with van der Waals surface area (Å²) >= 11 is 3.39. The number of hydrogen-bond donors (Lipinski definition) is 1. The smallest absolute Gasteiger partial charge is 0.307 e. The van der Waals surface area contributed by atoms with Crippen molar-refractivity contribution in [2.24, 2.45) is 11.8 Å². The maximum absolute atomic E-state index is 10.8. The van der Waals surface area contributed by atoms with Gasteiger partial charge in [0.1, 0.15) is 0 Å². The molecule has 74 valence electrons. The Morgan fingerprint density at radius 3 is 2.71 bits per heavy atom. The molecule has 0 spiro atoms. The third-order valence-electron chi connectivity index (χ3n) is 2.90. The molecule has 3 heteroatoms. The third kappa shape index (κ3) is 1.57. The van der Waals surface area contributed by atoms with E-state index >= 15 is 0 Å². The van der Waals surface area contributed by atoms with Gasteiger partial charge in [-0.2, -0.15) is 0 Å². The van der Waals surface area contributed by atoms with Crippen molar-refractivity contribution in [3.8, 4) is 0 Å². The Kier molecular flexibility index (Phi) is 2.35. The molecule has 1 saturated carbocycles. The van der Waals surface area contributed by atoms with Gasteiger partial charge < -0.3 is 5.11 Å². The summed E-state index contributed by atoms with van der Waals surface area (Å²) < 4.78 is 1.01. The Bertz CT molecular complexity index is 375. The summed E-state index contributed by atoms with van der Waals surface area (Å²) in [6.07, 6.45) is 0. The summed E-state index contributed by atoms with van der Waals surface area (Å²) in [6, 6.07) is 7.90. The van der Waals surface area contributed by atoms with Gasteiger partial charge in [-0.25, -0.2) is 0 Å². The van der Waals surface area contributed by atoms with E-state index in [-0.39, 0.29) is 17.8 Å². The normalized spacial score (nSPS) is 30.0. The molecule has 1 N–H and O–H groups in total. The number of carboxylic acids is 1. The Morgan fingerprint density at radius 2 is 2.21 bits per heavy atom. The van der Waals surface area contributed by atoms with Gasteiger partial charge in [0, 0.05) is 10.4 Å². The van der Waals surface area contributed by atoms with Gasteiger partial charge in [0.15, 0.2) is 0 Å². The van der Waals surface area contributed by atoms with Crippen molar-refractivity contribution in [2.75, 3.05) is 0 Å². The number of rotatable bonds is 2. The van der Waals surface area contributed by atoms with Gasteiger partial charge in [0.2, 0.25) is 0 Å². The van der Waals surface area contributed by atoms with E-state index in [0.717, 1.165) is 10.0 Å². The van der Waals surface area contributed by atoms with Gasteiger partial charge in [-0.1, -0.05) is 35.0 Å². The Hall–Kier alpha value is -0.830. The minimum absolute atomic E-state index is 0.190. The van der Waals surface area contributed by atoms with Crippen molar-refractivity contribution in [2.45, 2.75) is 12.8 Å². The number of benzene rings is 1. The van der Waals surface area contributed by atoms with Crippen LogP contribution in [0, 0.1) is 11.8 Å². The van der Waals surface area contributed by atoms with Crippen molar-refractivity contribution in [1.82, 2.24) is 0 Å². The molecule has 1 aliphatic carbocycles. The minimum Gasteiger partial charge on any atom is -0.481 e. The molecule has 1 aromatic rings. The van der Waals surface area contributed by atoms with Crippen LogP contribution in [0.15, 0.2) is 28.7 Å². The maximum atomic E-state index is 10.8. The molecule has 2 rings (SSSR count). The minimum atomic E-state index is -0.678. The molecule has 3 atom stereocenters. The first kappa shape index (κ1) is 9.71.